The molecule has 0 fully saturated rings. The van der Waals surface area contributed by atoms with Crippen molar-refractivity contribution in [2.24, 2.45) is 0 Å². The van der Waals surface area contributed by atoms with E-state index < -0.39 is 0 Å². The Labute approximate surface area is 158 Å². The van der Waals surface area contributed by atoms with Gasteiger partial charge in [-0.2, -0.15) is 0 Å². The fourth-order valence-electron chi connectivity index (χ4n) is 3.35. The first-order chi connectivity index (χ1) is 13.0. The number of nitrogens with one attached hydrogen (secondary N) is 1. The van der Waals surface area contributed by atoms with Crippen LogP contribution >= 0.6 is 0 Å². The second-order valence-electron chi connectivity index (χ2n) is 7.02. The molecule has 0 saturated heterocycles. The summed E-state index contributed by atoms with van der Waals surface area (Å²) in [6.45, 7) is 6.15. The highest BCUT2D eigenvalue weighted by molar-refractivity contribution is 5.82. The number of benzene rings is 3. The topological polar surface area (TPSA) is 37.8 Å². The number of aromatic amines is 1. The third-order valence-electron chi connectivity index (χ3n) is 4.94. The fourth-order valence-corrected chi connectivity index (χ4v) is 3.35. The molecule has 1 N–H and O–H groups in total. The minimum atomic E-state index is -0.0408. The summed E-state index contributed by atoms with van der Waals surface area (Å²) in [7, 11) is 0. The normalized spacial score (nSPS) is 10.9. The van der Waals surface area contributed by atoms with Crippen LogP contribution < -0.4 is 5.56 Å². The van der Waals surface area contributed by atoms with Crippen molar-refractivity contribution in [3.63, 3.8) is 0 Å². The number of aryl methyl sites for hydroxylation is 3. The Hall–Kier alpha value is -3.33. The average Bonchev–Trinajstić information content (AvgIpc) is 3.00. The van der Waals surface area contributed by atoms with E-state index in [1.54, 1.807) is 4.68 Å². The third kappa shape index (κ3) is 3.13. The lowest BCUT2D eigenvalue weighted by molar-refractivity contribution is 0.852. The van der Waals surface area contributed by atoms with Gasteiger partial charge < -0.3 is 0 Å². The molecule has 3 nitrogen and oxygen atoms in total. The van der Waals surface area contributed by atoms with E-state index in [2.05, 4.69) is 24.2 Å². The molecule has 0 bridgehead atoms. The zero-order chi connectivity index (χ0) is 19.0. The fraction of sp³-hybridized carbons (Fsp3) is 0.125. The first-order valence-corrected chi connectivity index (χ1v) is 9.10. The van der Waals surface area contributed by atoms with E-state index in [1.807, 2.05) is 74.5 Å². The summed E-state index contributed by atoms with van der Waals surface area (Å²) in [5, 5.41) is 3.36. The third-order valence-corrected chi connectivity index (χ3v) is 4.94. The van der Waals surface area contributed by atoms with Crippen molar-refractivity contribution >= 4 is 0 Å². The van der Waals surface area contributed by atoms with Crippen LogP contribution in [0.2, 0.25) is 0 Å². The highest BCUT2D eigenvalue weighted by Gasteiger charge is 2.19. The molecule has 0 aliphatic rings. The zero-order valence-corrected chi connectivity index (χ0v) is 15.8. The quantitative estimate of drug-likeness (QED) is 0.524. The van der Waals surface area contributed by atoms with E-state index >= 15 is 0 Å². The SMILES string of the molecule is Cc1ccc(-c2c(-c3ccccc3C)[nH]n(-c3ccc(C)cc3)c2=O)cc1. The van der Waals surface area contributed by atoms with Gasteiger partial charge in [-0.15, -0.1) is 0 Å². The van der Waals surface area contributed by atoms with E-state index in [4.69, 9.17) is 0 Å². The summed E-state index contributed by atoms with van der Waals surface area (Å²) in [6, 6.07) is 24.2. The highest BCUT2D eigenvalue weighted by Crippen LogP contribution is 2.31. The number of H-pyrrole nitrogens is 1. The Balaban J connectivity index is 2.00. The molecular formula is C24H22N2O. The van der Waals surface area contributed by atoms with Gasteiger partial charge in [-0.05, 0) is 44.0 Å². The van der Waals surface area contributed by atoms with Crippen molar-refractivity contribution in [2.45, 2.75) is 20.8 Å². The van der Waals surface area contributed by atoms with Crippen LogP contribution in [0.5, 0.6) is 0 Å². The molecule has 3 heteroatoms. The van der Waals surface area contributed by atoms with E-state index in [1.165, 1.54) is 5.56 Å². The van der Waals surface area contributed by atoms with Gasteiger partial charge in [0, 0.05) is 5.56 Å². The molecule has 0 aliphatic carbocycles. The minimum absolute atomic E-state index is 0.0408. The number of rotatable bonds is 3. The van der Waals surface area contributed by atoms with Crippen LogP contribution in [0.25, 0.3) is 28.1 Å². The van der Waals surface area contributed by atoms with E-state index in [0.29, 0.717) is 5.56 Å². The van der Waals surface area contributed by atoms with E-state index in [9.17, 15) is 4.79 Å². The number of nitrogens with zero attached hydrogens (tertiary/aromatic N) is 1. The molecule has 0 unspecified atom stereocenters. The van der Waals surface area contributed by atoms with Crippen LogP contribution in [-0.4, -0.2) is 9.78 Å². The molecule has 3 aromatic carbocycles. The van der Waals surface area contributed by atoms with E-state index in [0.717, 1.165) is 33.6 Å². The van der Waals surface area contributed by atoms with Crippen LogP contribution in [0.3, 0.4) is 0 Å². The van der Waals surface area contributed by atoms with Gasteiger partial charge in [-0.3, -0.25) is 9.89 Å². The first-order valence-electron chi connectivity index (χ1n) is 9.10. The second kappa shape index (κ2) is 6.76. The maximum Gasteiger partial charge on any atom is 0.279 e. The maximum absolute atomic E-state index is 13.4. The van der Waals surface area contributed by atoms with Crippen LogP contribution in [0.15, 0.2) is 77.6 Å². The highest BCUT2D eigenvalue weighted by atomic mass is 16.1. The zero-order valence-electron chi connectivity index (χ0n) is 15.8. The molecule has 0 aliphatic heterocycles. The molecule has 0 radical (unpaired) electrons. The lowest BCUT2D eigenvalue weighted by Crippen LogP contribution is -2.15. The lowest BCUT2D eigenvalue weighted by atomic mass is 9.98. The van der Waals surface area contributed by atoms with Crippen molar-refractivity contribution in [1.82, 2.24) is 9.78 Å². The average molecular weight is 354 g/mol. The molecule has 27 heavy (non-hydrogen) atoms. The summed E-state index contributed by atoms with van der Waals surface area (Å²) >= 11 is 0. The predicted octanol–water partition coefficient (Wildman–Crippen LogP) is 5.42. The molecular weight excluding hydrogens is 332 g/mol. The van der Waals surface area contributed by atoms with Crippen molar-refractivity contribution in [3.05, 3.63) is 99.8 Å². The van der Waals surface area contributed by atoms with Gasteiger partial charge in [-0.25, -0.2) is 4.68 Å². The maximum atomic E-state index is 13.4. The molecule has 1 aromatic heterocycles. The smallest absolute Gasteiger partial charge is 0.279 e. The predicted molar refractivity (Wildman–Crippen MR) is 111 cm³/mol. The Kier molecular flexibility index (Phi) is 4.28. The second-order valence-corrected chi connectivity index (χ2v) is 7.02. The summed E-state index contributed by atoms with van der Waals surface area (Å²) < 4.78 is 1.64. The Morgan fingerprint density at radius 1 is 0.741 bits per heavy atom. The monoisotopic (exact) mass is 354 g/mol. The van der Waals surface area contributed by atoms with Gasteiger partial charge in [0.05, 0.1) is 16.9 Å². The van der Waals surface area contributed by atoms with Crippen LogP contribution in [-0.2, 0) is 0 Å². The van der Waals surface area contributed by atoms with Crippen LogP contribution in [0.4, 0.5) is 0 Å². The minimum Gasteiger partial charge on any atom is -0.290 e. The molecule has 134 valence electrons. The van der Waals surface area contributed by atoms with Crippen molar-refractivity contribution < 1.29 is 0 Å². The summed E-state index contributed by atoms with van der Waals surface area (Å²) in [5.74, 6) is 0. The first kappa shape index (κ1) is 17.1. The number of aromatic nitrogens is 2. The van der Waals surface area contributed by atoms with Gasteiger partial charge in [0.1, 0.15) is 0 Å². The molecule has 0 saturated carbocycles. The van der Waals surface area contributed by atoms with Gasteiger partial charge in [0.15, 0.2) is 0 Å². The molecule has 4 rings (SSSR count). The molecule has 0 atom stereocenters. The summed E-state index contributed by atoms with van der Waals surface area (Å²) in [6.07, 6.45) is 0. The molecule has 4 aromatic rings. The van der Waals surface area contributed by atoms with Crippen molar-refractivity contribution in [3.8, 4) is 28.1 Å². The lowest BCUT2D eigenvalue weighted by Gasteiger charge is -2.07. The number of hydrogen-bond donors (Lipinski definition) is 1. The van der Waals surface area contributed by atoms with Gasteiger partial charge in [-0.1, -0.05) is 71.8 Å². The Bertz CT molecular complexity index is 1150. The van der Waals surface area contributed by atoms with Gasteiger partial charge in [0.2, 0.25) is 0 Å². The van der Waals surface area contributed by atoms with Crippen LogP contribution in [0, 0.1) is 20.8 Å². The van der Waals surface area contributed by atoms with Crippen molar-refractivity contribution in [1.29, 1.82) is 0 Å². The van der Waals surface area contributed by atoms with Gasteiger partial charge >= 0.3 is 0 Å². The van der Waals surface area contributed by atoms with E-state index in [-0.39, 0.29) is 5.56 Å². The molecule has 1 heterocycles. The Morgan fingerprint density at radius 3 is 1.96 bits per heavy atom. The largest absolute Gasteiger partial charge is 0.290 e. The molecule has 0 amide bonds. The summed E-state index contributed by atoms with van der Waals surface area (Å²) in [4.78, 5) is 13.4. The standard InChI is InChI=1S/C24H22N2O/c1-16-8-12-19(13-9-16)22-23(21-7-5-4-6-18(21)3)25-26(24(22)27)20-14-10-17(2)11-15-20/h4-15,25H,1-3H3. The summed E-state index contributed by atoms with van der Waals surface area (Å²) in [5.41, 5.74) is 7.76. The van der Waals surface area contributed by atoms with Crippen molar-refractivity contribution in [2.75, 3.05) is 0 Å². The van der Waals surface area contributed by atoms with Crippen LogP contribution in [0.1, 0.15) is 16.7 Å². The molecule has 0 spiro atoms. The number of hydrogen-bond acceptors (Lipinski definition) is 1. The Morgan fingerprint density at radius 2 is 1.33 bits per heavy atom. The van der Waals surface area contributed by atoms with Gasteiger partial charge in [0.25, 0.3) is 5.56 Å².